The molecule has 3 aliphatic heterocycles. The van der Waals surface area contributed by atoms with Gasteiger partial charge in [0.05, 0.1) is 5.69 Å². The van der Waals surface area contributed by atoms with Gasteiger partial charge in [-0.3, -0.25) is 4.79 Å². The first-order valence-electron chi connectivity index (χ1n) is 12.4. The first-order valence-corrected chi connectivity index (χ1v) is 13.9. The summed E-state index contributed by atoms with van der Waals surface area (Å²) in [7, 11) is -3.65. The predicted octanol–water partition coefficient (Wildman–Crippen LogP) is 4.22. The van der Waals surface area contributed by atoms with E-state index in [0.29, 0.717) is 41.3 Å². The Balaban J connectivity index is 1.67. The lowest BCUT2D eigenvalue weighted by Crippen LogP contribution is -2.40. The van der Waals surface area contributed by atoms with Gasteiger partial charge in [0, 0.05) is 44.8 Å². The molecule has 0 spiro atoms. The highest BCUT2D eigenvalue weighted by atomic mass is 32.2. The summed E-state index contributed by atoms with van der Waals surface area (Å²) in [6, 6.07) is 5.39. The Labute approximate surface area is 194 Å². The van der Waals surface area contributed by atoms with Crippen molar-refractivity contribution in [2.75, 3.05) is 44.2 Å². The average Bonchev–Trinajstić information content (AvgIpc) is 2.79. The number of sulfonamides is 1. The number of anilines is 1. The first kappa shape index (κ1) is 23.6. The van der Waals surface area contributed by atoms with E-state index in [1.807, 2.05) is 17.0 Å². The van der Waals surface area contributed by atoms with Gasteiger partial charge in [0.1, 0.15) is 4.90 Å². The van der Waals surface area contributed by atoms with Crippen molar-refractivity contribution in [3.05, 3.63) is 23.8 Å². The second-order valence-corrected chi connectivity index (χ2v) is 12.3. The molecule has 3 fully saturated rings. The van der Waals surface area contributed by atoms with Crippen molar-refractivity contribution in [2.45, 2.75) is 64.2 Å². The Hall–Kier alpha value is -1.60. The minimum absolute atomic E-state index is 0.0422. The van der Waals surface area contributed by atoms with Crippen LogP contribution in [-0.2, 0) is 10.0 Å². The molecule has 0 aliphatic carbocycles. The van der Waals surface area contributed by atoms with E-state index >= 15 is 0 Å². The zero-order valence-corrected chi connectivity index (χ0v) is 20.7. The molecule has 1 aromatic carbocycles. The van der Waals surface area contributed by atoms with E-state index in [1.165, 1.54) is 0 Å². The molecule has 0 bridgehead atoms. The molecule has 0 saturated carbocycles. The van der Waals surface area contributed by atoms with Crippen molar-refractivity contribution in [2.24, 2.45) is 17.8 Å². The molecular formula is C25H39N3O3S. The van der Waals surface area contributed by atoms with E-state index in [4.69, 9.17) is 0 Å². The van der Waals surface area contributed by atoms with Gasteiger partial charge >= 0.3 is 0 Å². The number of carbonyl (C=O) groups is 1. The molecule has 4 rings (SSSR count). The topological polar surface area (TPSA) is 60.9 Å². The largest absolute Gasteiger partial charge is 0.370 e. The van der Waals surface area contributed by atoms with Crippen LogP contribution in [0.2, 0.25) is 0 Å². The van der Waals surface area contributed by atoms with Gasteiger partial charge in [0.25, 0.3) is 5.91 Å². The van der Waals surface area contributed by atoms with Gasteiger partial charge in [0.15, 0.2) is 0 Å². The zero-order chi connectivity index (χ0) is 22.9. The van der Waals surface area contributed by atoms with Crippen molar-refractivity contribution < 1.29 is 13.2 Å². The summed E-state index contributed by atoms with van der Waals surface area (Å²) in [5, 5.41) is 0. The number of nitrogens with zero attached hydrogens (tertiary/aromatic N) is 3. The monoisotopic (exact) mass is 461 g/mol. The Morgan fingerprint density at radius 2 is 1.28 bits per heavy atom. The smallest absolute Gasteiger partial charge is 0.253 e. The standard InChI is InChI=1S/C25H39N3O3S/c1-19-6-12-26(13-7-19)23-5-4-22(25(29)27-14-8-20(2)9-15-27)18-24(23)32(30,31)28-16-10-21(3)11-17-28/h4-5,18-21H,6-17H2,1-3H3. The fourth-order valence-electron chi connectivity index (χ4n) is 5.12. The van der Waals surface area contributed by atoms with Crippen molar-refractivity contribution in [3.63, 3.8) is 0 Å². The average molecular weight is 462 g/mol. The van der Waals surface area contributed by atoms with E-state index < -0.39 is 10.0 Å². The van der Waals surface area contributed by atoms with Crippen molar-refractivity contribution in [3.8, 4) is 0 Å². The molecule has 3 saturated heterocycles. The van der Waals surface area contributed by atoms with Crippen LogP contribution in [0.1, 0.15) is 69.7 Å². The molecule has 0 radical (unpaired) electrons. The van der Waals surface area contributed by atoms with E-state index in [9.17, 15) is 13.2 Å². The minimum atomic E-state index is -3.65. The SMILES string of the molecule is CC1CCN(C(=O)c2ccc(N3CCC(C)CC3)c(S(=O)(=O)N3CCC(C)CC3)c2)CC1. The summed E-state index contributed by atoms with van der Waals surface area (Å²) in [6.45, 7) is 11.0. The number of amides is 1. The highest BCUT2D eigenvalue weighted by Gasteiger charge is 2.33. The molecule has 3 aliphatic rings. The highest BCUT2D eigenvalue weighted by molar-refractivity contribution is 7.89. The lowest BCUT2D eigenvalue weighted by molar-refractivity contribution is 0.0697. The number of hydrogen-bond acceptors (Lipinski definition) is 4. The molecule has 0 N–H and O–H groups in total. The van der Waals surface area contributed by atoms with Crippen LogP contribution in [0.3, 0.4) is 0 Å². The molecule has 1 aromatic rings. The van der Waals surface area contributed by atoms with Gasteiger partial charge in [-0.25, -0.2) is 8.42 Å². The Morgan fingerprint density at radius 1 is 0.781 bits per heavy atom. The quantitative estimate of drug-likeness (QED) is 0.674. The Morgan fingerprint density at radius 3 is 1.84 bits per heavy atom. The van der Waals surface area contributed by atoms with Crippen LogP contribution in [-0.4, -0.2) is 62.8 Å². The number of rotatable bonds is 4. The van der Waals surface area contributed by atoms with Gasteiger partial charge in [-0.15, -0.1) is 0 Å². The van der Waals surface area contributed by atoms with Crippen LogP contribution in [0.15, 0.2) is 23.1 Å². The molecule has 6 nitrogen and oxygen atoms in total. The van der Waals surface area contributed by atoms with Gasteiger partial charge in [0.2, 0.25) is 10.0 Å². The molecule has 32 heavy (non-hydrogen) atoms. The lowest BCUT2D eigenvalue weighted by Gasteiger charge is -2.35. The third-order valence-corrected chi connectivity index (χ3v) is 9.69. The molecule has 1 amide bonds. The maximum absolute atomic E-state index is 13.8. The maximum Gasteiger partial charge on any atom is 0.253 e. The third kappa shape index (κ3) is 4.98. The summed E-state index contributed by atoms with van der Waals surface area (Å²) in [4.78, 5) is 17.6. The van der Waals surface area contributed by atoms with E-state index in [-0.39, 0.29) is 5.91 Å². The van der Waals surface area contributed by atoms with Crippen LogP contribution in [0.5, 0.6) is 0 Å². The summed E-state index contributed by atoms with van der Waals surface area (Å²) in [5.74, 6) is 1.82. The summed E-state index contributed by atoms with van der Waals surface area (Å²) in [5.41, 5.74) is 1.26. The summed E-state index contributed by atoms with van der Waals surface area (Å²) >= 11 is 0. The number of benzene rings is 1. The second-order valence-electron chi connectivity index (χ2n) is 10.4. The molecule has 0 atom stereocenters. The van der Waals surface area contributed by atoms with Crippen LogP contribution >= 0.6 is 0 Å². The van der Waals surface area contributed by atoms with Gasteiger partial charge in [-0.2, -0.15) is 4.31 Å². The fourth-order valence-corrected chi connectivity index (χ4v) is 6.83. The highest BCUT2D eigenvalue weighted by Crippen LogP contribution is 2.34. The fraction of sp³-hybridized carbons (Fsp3) is 0.720. The number of carbonyl (C=O) groups excluding carboxylic acids is 1. The first-order chi connectivity index (χ1) is 15.3. The molecule has 0 aromatic heterocycles. The molecule has 7 heteroatoms. The van der Waals surface area contributed by atoms with Gasteiger partial charge < -0.3 is 9.80 Å². The van der Waals surface area contributed by atoms with Crippen molar-refractivity contribution in [1.29, 1.82) is 0 Å². The zero-order valence-electron chi connectivity index (χ0n) is 19.9. The molecule has 0 unspecified atom stereocenters. The number of piperidine rings is 3. The van der Waals surface area contributed by atoms with Crippen molar-refractivity contribution in [1.82, 2.24) is 9.21 Å². The van der Waals surface area contributed by atoms with Gasteiger partial charge in [-0.05, 0) is 74.5 Å². The van der Waals surface area contributed by atoms with E-state index in [1.54, 1.807) is 10.4 Å². The van der Waals surface area contributed by atoms with Crippen LogP contribution in [0.4, 0.5) is 5.69 Å². The minimum Gasteiger partial charge on any atom is -0.370 e. The van der Waals surface area contributed by atoms with Crippen LogP contribution in [0, 0.1) is 17.8 Å². The van der Waals surface area contributed by atoms with Crippen LogP contribution in [0.25, 0.3) is 0 Å². The third-order valence-electron chi connectivity index (χ3n) is 7.76. The number of likely N-dealkylation sites (tertiary alicyclic amines) is 1. The molecule has 3 heterocycles. The summed E-state index contributed by atoms with van der Waals surface area (Å²) in [6.07, 6.45) is 5.92. The summed E-state index contributed by atoms with van der Waals surface area (Å²) < 4.78 is 29.2. The van der Waals surface area contributed by atoms with Crippen molar-refractivity contribution >= 4 is 21.6 Å². The van der Waals surface area contributed by atoms with E-state index in [0.717, 1.165) is 70.4 Å². The number of hydrogen-bond donors (Lipinski definition) is 0. The predicted molar refractivity (Wildman–Crippen MR) is 129 cm³/mol. The van der Waals surface area contributed by atoms with Gasteiger partial charge in [-0.1, -0.05) is 20.8 Å². The molecule has 178 valence electrons. The maximum atomic E-state index is 13.8. The Bertz CT molecular complexity index is 908. The molecular weight excluding hydrogens is 422 g/mol. The lowest BCUT2D eigenvalue weighted by atomic mass is 9.98. The van der Waals surface area contributed by atoms with E-state index in [2.05, 4.69) is 25.7 Å². The van der Waals surface area contributed by atoms with Crippen LogP contribution < -0.4 is 4.90 Å². The Kier molecular flexibility index (Phi) is 7.15. The second kappa shape index (κ2) is 9.72. The normalized spacial score (nSPS) is 23.0.